The Balaban J connectivity index is 2.39. The molecule has 1 aromatic carbocycles. The molecule has 2 rings (SSSR count). The topological polar surface area (TPSA) is 18.5 Å². The number of benzene rings is 1. The van der Waals surface area contributed by atoms with Crippen molar-refractivity contribution in [3.05, 3.63) is 127 Å². The molecule has 144 valence electrons. The second-order valence-corrected chi connectivity index (χ2v) is 6.22. The Hall–Kier alpha value is -3.26. The monoisotopic (exact) mass is 372 g/mol. The Labute approximate surface area is 168 Å². The third-order valence-electron chi connectivity index (χ3n) is 4.55. The maximum atomic E-state index is 6.21. The van der Waals surface area contributed by atoms with Gasteiger partial charge in [-0.25, -0.2) is 0 Å². The van der Waals surface area contributed by atoms with Crippen LogP contribution in [0, 0.1) is 0 Å². The van der Waals surface area contributed by atoms with Crippen molar-refractivity contribution in [1.82, 2.24) is 0 Å². The van der Waals surface area contributed by atoms with Crippen molar-refractivity contribution >= 4 is 5.57 Å². The van der Waals surface area contributed by atoms with Crippen molar-refractivity contribution in [3.63, 3.8) is 0 Å². The van der Waals surface area contributed by atoms with Crippen molar-refractivity contribution in [1.29, 1.82) is 0 Å². The molecule has 1 aliphatic rings. The Morgan fingerprint density at radius 2 is 1.79 bits per heavy atom. The van der Waals surface area contributed by atoms with Crippen LogP contribution in [0.2, 0.25) is 0 Å². The molecule has 1 aromatic rings. The Morgan fingerprint density at radius 3 is 2.43 bits per heavy atom. The highest BCUT2D eigenvalue weighted by Gasteiger charge is 2.26. The molecule has 0 spiro atoms. The summed E-state index contributed by atoms with van der Waals surface area (Å²) in [6.45, 7) is 15.2. The molecule has 1 atom stereocenters. The molecule has 2 heteroatoms. The van der Waals surface area contributed by atoms with Gasteiger partial charge in [0, 0.05) is 0 Å². The minimum absolute atomic E-state index is 0.00610. The second kappa shape index (κ2) is 10.8. The Kier molecular flexibility index (Phi) is 8.11. The van der Waals surface area contributed by atoms with Crippen molar-refractivity contribution in [2.24, 2.45) is 0 Å². The molecule has 0 fully saturated rings. The van der Waals surface area contributed by atoms with Gasteiger partial charge >= 0.3 is 0 Å². The van der Waals surface area contributed by atoms with E-state index in [1.165, 1.54) is 11.1 Å². The summed E-state index contributed by atoms with van der Waals surface area (Å²) in [5.41, 5.74) is 4.70. The predicted molar refractivity (Wildman–Crippen MR) is 120 cm³/mol. The summed E-state index contributed by atoms with van der Waals surface area (Å²) in [5, 5.41) is 0. The number of methoxy groups -OCH3 is 1. The summed E-state index contributed by atoms with van der Waals surface area (Å²) in [6.07, 6.45) is 18.4. The zero-order chi connectivity index (χ0) is 20.4. The molecule has 0 aromatic heterocycles. The molecule has 0 amide bonds. The molecule has 0 heterocycles. The van der Waals surface area contributed by atoms with Gasteiger partial charge in [0.05, 0.1) is 7.11 Å². The number of hydrogen-bond donors (Lipinski definition) is 0. The molecule has 0 N–H and O–H groups in total. The van der Waals surface area contributed by atoms with Crippen molar-refractivity contribution < 1.29 is 9.47 Å². The van der Waals surface area contributed by atoms with Crippen LogP contribution in [0.15, 0.2) is 111 Å². The molecule has 0 radical (unpaired) electrons. The lowest BCUT2D eigenvalue weighted by Crippen LogP contribution is -2.00. The third kappa shape index (κ3) is 5.14. The van der Waals surface area contributed by atoms with Crippen molar-refractivity contribution in [2.75, 3.05) is 7.11 Å². The third-order valence-corrected chi connectivity index (χ3v) is 4.55. The maximum absolute atomic E-state index is 6.21. The summed E-state index contributed by atoms with van der Waals surface area (Å²) < 4.78 is 11.6. The van der Waals surface area contributed by atoms with E-state index in [4.69, 9.17) is 9.47 Å². The summed E-state index contributed by atoms with van der Waals surface area (Å²) in [4.78, 5) is 0. The van der Waals surface area contributed by atoms with Gasteiger partial charge in [-0.15, -0.1) is 0 Å². The lowest BCUT2D eigenvalue weighted by Gasteiger charge is -2.16. The lowest BCUT2D eigenvalue weighted by molar-refractivity contribution is 0.128. The Morgan fingerprint density at radius 1 is 1.00 bits per heavy atom. The van der Waals surface area contributed by atoms with Gasteiger partial charge in [-0.3, -0.25) is 0 Å². The van der Waals surface area contributed by atoms with E-state index in [0.29, 0.717) is 5.76 Å². The number of allylic oxidation sites excluding steroid dienone is 10. The van der Waals surface area contributed by atoms with E-state index >= 15 is 0 Å². The van der Waals surface area contributed by atoms with Crippen LogP contribution in [0.25, 0.3) is 5.57 Å². The first kappa shape index (κ1) is 21.0. The molecular weight excluding hydrogens is 344 g/mol. The van der Waals surface area contributed by atoms with Crippen LogP contribution in [0.1, 0.15) is 29.2 Å². The zero-order valence-corrected chi connectivity index (χ0v) is 16.6. The van der Waals surface area contributed by atoms with Gasteiger partial charge in [0.2, 0.25) is 0 Å². The van der Waals surface area contributed by atoms with E-state index in [1.54, 1.807) is 31.4 Å². The average Bonchev–Trinajstić information content (AvgIpc) is 3.13. The van der Waals surface area contributed by atoms with Gasteiger partial charge in [0.25, 0.3) is 0 Å². The van der Waals surface area contributed by atoms with E-state index in [2.05, 4.69) is 44.5 Å². The summed E-state index contributed by atoms with van der Waals surface area (Å²) in [5.74, 6) is 1.46. The molecule has 1 aliphatic carbocycles. The van der Waals surface area contributed by atoms with Crippen LogP contribution in [0.4, 0.5) is 0 Å². The van der Waals surface area contributed by atoms with Crippen LogP contribution in [0.3, 0.4) is 0 Å². The van der Waals surface area contributed by atoms with E-state index in [0.717, 1.165) is 29.7 Å². The summed E-state index contributed by atoms with van der Waals surface area (Å²) >= 11 is 0. The van der Waals surface area contributed by atoms with E-state index < -0.39 is 0 Å². The molecular formula is C26H28O2. The van der Waals surface area contributed by atoms with E-state index in [-0.39, 0.29) is 6.10 Å². The van der Waals surface area contributed by atoms with Gasteiger partial charge in [-0.05, 0) is 59.4 Å². The van der Waals surface area contributed by atoms with Crippen LogP contribution < -0.4 is 0 Å². The molecule has 2 nitrogen and oxygen atoms in total. The normalized spacial score (nSPS) is 17.2. The first-order valence-electron chi connectivity index (χ1n) is 9.30. The van der Waals surface area contributed by atoms with Gasteiger partial charge < -0.3 is 9.47 Å². The quantitative estimate of drug-likeness (QED) is 0.332. The zero-order valence-electron chi connectivity index (χ0n) is 16.6. The highest BCUT2D eigenvalue weighted by Crippen LogP contribution is 2.39. The van der Waals surface area contributed by atoms with Crippen LogP contribution in [0.5, 0.6) is 0 Å². The molecule has 0 aliphatic heterocycles. The molecule has 0 saturated carbocycles. The Bertz CT molecular complexity index is 862. The highest BCUT2D eigenvalue weighted by molar-refractivity contribution is 5.79. The number of ether oxygens (including phenoxy) is 2. The standard InChI is InChI=1S/C26H28O2/c1-6-10-11-14-21(8-3)28-26-18-17-24-23(15-12-16-25(24)26)20(13-7-2)19-22(9-4)27-5/h6-16,19,26H,1-4,17-18H2,5H3/b11-10-,20-13+,21-14+,22-19+. The number of fused-ring (bicyclic) bond motifs is 1. The van der Waals surface area contributed by atoms with Crippen molar-refractivity contribution in [2.45, 2.75) is 18.9 Å². The largest absolute Gasteiger partial charge is 0.497 e. The minimum Gasteiger partial charge on any atom is -0.497 e. The first-order chi connectivity index (χ1) is 13.7. The van der Waals surface area contributed by atoms with E-state index in [1.807, 2.05) is 30.4 Å². The van der Waals surface area contributed by atoms with Crippen LogP contribution >= 0.6 is 0 Å². The summed E-state index contributed by atoms with van der Waals surface area (Å²) in [7, 11) is 1.64. The maximum Gasteiger partial charge on any atom is 0.124 e. The smallest absolute Gasteiger partial charge is 0.124 e. The van der Waals surface area contributed by atoms with Gasteiger partial charge in [0.15, 0.2) is 0 Å². The number of hydrogen-bond acceptors (Lipinski definition) is 2. The molecule has 28 heavy (non-hydrogen) atoms. The highest BCUT2D eigenvalue weighted by atomic mass is 16.5. The van der Waals surface area contributed by atoms with E-state index in [9.17, 15) is 0 Å². The molecule has 0 saturated heterocycles. The fraction of sp³-hybridized carbons (Fsp3) is 0.154. The fourth-order valence-corrected chi connectivity index (χ4v) is 3.25. The number of rotatable bonds is 10. The molecule has 1 unspecified atom stereocenters. The lowest BCUT2D eigenvalue weighted by atomic mass is 9.95. The second-order valence-electron chi connectivity index (χ2n) is 6.22. The van der Waals surface area contributed by atoms with Crippen LogP contribution in [-0.4, -0.2) is 7.11 Å². The SMILES string of the molecule is C=C/C=C\C=C(/C=C)OC1CCc2c(C(/C=C(\C=C)OC)=C/C=C)cccc21. The molecule has 0 bridgehead atoms. The average molecular weight is 373 g/mol. The summed E-state index contributed by atoms with van der Waals surface area (Å²) in [6, 6.07) is 6.33. The van der Waals surface area contributed by atoms with Gasteiger partial charge in [-0.2, -0.15) is 0 Å². The predicted octanol–water partition coefficient (Wildman–Crippen LogP) is 6.79. The van der Waals surface area contributed by atoms with Crippen molar-refractivity contribution in [3.8, 4) is 0 Å². The first-order valence-corrected chi connectivity index (χ1v) is 9.30. The van der Waals surface area contributed by atoms with Gasteiger partial charge in [-0.1, -0.05) is 74.9 Å². The fourth-order valence-electron chi connectivity index (χ4n) is 3.25. The minimum atomic E-state index is 0.00610. The van der Waals surface area contributed by atoms with Gasteiger partial charge in [0.1, 0.15) is 17.6 Å². The van der Waals surface area contributed by atoms with Crippen LogP contribution in [-0.2, 0) is 15.9 Å².